The highest BCUT2D eigenvalue weighted by Gasteiger charge is 2.54. The molecule has 2 fully saturated rings. The largest absolute Gasteiger partial charge is 0.272 e. The summed E-state index contributed by atoms with van der Waals surface area (Å²) in [5, 5.41) is 3.24. The van der Waals surface area contributed by atoms with Crippen molar-refractivity contribution in [1.82, 2.24) is 10.0 Å². The molecule has 3 rings (SSSR count). The quantitative estimate of drug-likeness (QED) is 0.799. The van der Waals surface area contributed by atoms with Crippen molar-refractivity contribution < 1.29 is 9.59 Å². The van der Waals surface area contributed by atoms with E-state index >= 15 is 0 Å². The summed E-state index contributed by atoms with van der Waals surface area (Å²) in [6.45, 7) is 3.07. The molecule has 2 aliphatic rings. The molecule has 4 heteroatoms. The fourth-order valence-corrected chi connectivity index (χ4v) is 3.04. The van der Waals surface area contributed by atoms with Gasteiger partial charge in [-0.25, -0.2) is 5.01 Å². The third-order valence-corrected chi connectivity index (χ3v) is 4.32. The second-order valence-electron chi connectivity index (χ2n) is 5.69. The summed E-state index contributed by atoms with van der Waals surface area (Å²) >= 11 is 0. The van der Waals surface area contributed by atoms with Crippen LogP contribution in [0.1, 0.15) is 31.7 Å². The van der Waals surface area contributed by atoms with Crippen LogP contribution < -0.4 is 0 Å². The van der Waals surface area contributed by atoms with Crippen LogP contribution in [0.25, 0.3) is 0 Å². The molecule has 1 heterocycles. The van der Waals surface area contributed by atoms with E-state index in [0.29, 0.717) is 13.1 Å². The van der Waals surface area contributed by atoms with Gasteiger partial charge in [-0.3, -0.25) is 14.6 Å². The minimum atomic E-state index is -0.403. The highest BCUT2D eigenvalue weighted by molar-refractivity contribution is 5.95. The number of hydrogen-bond donors (Lipinski definition) is 0. The molecule has 0 unspecified atom stereocenters. The molecule has 1 aromatic carbocycles. The summed E-state index contributed by atoms with van der Waals surface area (Å²) < 4.78 is 0. The molecule has 21 heavy (non-hydrogen) atoms. The van der Waals surface area contributed by atoms with E-state index in [9.17, 15) is 9.59 Å². The minimum absolute atomic E-state index is 0.0732. The molecule has 0 N–H and O–H groups in total. The SMILES string of the molecule is CC=CC(=O)N1CCCN1C(=O)C1(c2ccccc2)CC1. The minimum Gasteiger partial charge on any atom is -0.272 e. The Hall–Kier alpha value is -2.10. The van der Waals surface area contributed by atoms with E-state index in [4.69, 9.17) is 0 Å². The van der Waals surface area contributed by atoms with Gasteiger partial charge in [-0.1, -0.05) is 36.4 Å². The Morgan fingerprint density at radius 3 is 2.38 bits per heavy atom. The zero-order valence-electron chi connectivity index (χ0n) is 12.3. The Kier molecular flexibility index (Phi) is 3.53. The van der Waals surface area contributed by atoms with E-state index in [2.05, 4.69) is 0 Å². The Morgan fingerprint density at radius 1 is 1.10 bits per heavy atom. The van der Waals surface area contributed by atoms with Crippen LogP contribution in [0.4, 0.5) is 0 Å². The van der Waals surface area contributed by atoms with E-state index in [1.54, 1.807) is 16.1 Å². The standard InChI is InChI=1S/C17H20N2O2/c1-2-7-15(20)18-12-6-13-19(18)16(21)17(10-11-17)14-8-4-3-5-9-14/h2-5,7-9H,6,10-13H2,1H3. The van der Waals surface area contributed by atoms with Crippen LogP contribution in [-0.4, -0.2) is 34.9 Å². The van der Waals surface area contributed by atoms with Crippen molar-refractivity contribution in [2.24, 2.45) is 0 Å². The second kappa shape index (κ2) is 5.35. The number of carbonyl (C=O) groups is 2. The molecule has 0 bridgehead atoms. The van der Waals surface area contributed by atoms with Gasteiger partial charge in [-0.05, 0) is 31.7 Å². The van der Waals surface area contributed by atoms with Gasteiger partial charge in [0.2, 0.25) is 0 Å². The summed E-state index contributed by atoms with van der Waals surface area (Å²) in [7, 11) is 0. The lowest BCUT2D eigenvalue weighted by atomic mass is 9.95. The maximum absolute atomic E-state index is 13.0. The zero-order chi connectivity index (χ0) is 14.9. The molecule has 0 spiro atoms. The molecular weight excluding hydrogens is 264 g/mol. The van der Waals surface area contributed by atoms with Gasteiger partial charge in [0.05, 0.1) is 5.41 Å². The molecular formula is C17H20N2O2. The molecule has 1 aliphatic carbocycles. The molecule has 110 valence electrons. The van der Waals surface area contributed by atoms with E-state index in [-0.39, 0.29) is 11.8 Å². The van der Waals surface area contributed by atoms with Gasteiger partial charge < -0.3 is 0 Å². The van der Waals surface area contributed by atoms with E-state index < -0.39 is 5.41 Å². The number of hydrazine groups is 1. The molecule has 1 saturated carbocycles. The summed E-state index contributed by atoms with van der Waals surface area (Å²) in [6, 6.07) is 9.92. The molecule has 2 amide bonds. The van der Waals surface area contributed by atoms with Crippen molar-refractivity contribution in [2.45, 2.75) is 31.6 Å². The molecule has 1 aliphatic heterocycles. The molecule has 0 radical (unpaired) electrons. The van der Waals surface area contributed by atoms with Crippen LogP contribution in [0.2, 0.25) is 0 Å². The van der Waals surface area contributed by atoms with Crippen LogP contribution >= 0.6 is 0 Å². The van der Waals surface area contributed by atoms with Crippen molar-refractivity contribution in [3.05, 3.63) is 48.0 Å². The molecule has 0 aromatic heterocycles. The number of benzene rings is 1. The average Bonchev–Trinajstić information content (AvgIpc) is 3.18. The van der Waals surface area contributed by atoms with Crippen LogP contribution in [0.3, 0.4) is 0 Å². The average molecular weight is 284 g/mol. The predicted molar refractivity (Wildman–Crippen MR) is 80.2 cm³/mol. The maximum atomic E-state index is 13.0. The lowest BCUT2D eigenvalue weighted by molar-refractivity contribution is -0.156. The first-order valence-electron chi connectivity index (χ1n) is 7.51. The second-order valence-corrected chi connectivity index (χ2v) is 5.69. The maximum Gasteiger partial charge on any atom is 0.264 e. The Morgan fingerprint density at radius 2 is 1.76 bits per heavy atom. The van der Waals surface area contributed by atoms with E-state index in [1.807, 2.05) is 37.3 Å². The van der Waals surface area contributed by atoms with E-state index in [1.165, 1.54) is 6.08 Å². The predicted octanol–water partition coefficient (Wildman–Crippen LogP) is 2.27. The number of rotatable bonds is 3. The molecule has 0 atom stereocenters. The Bertz CT molecular complexity index is 576. The fraction of sp³-hybridized carbons (Fsp3) is 0.412. The number of allylic oxidation sites excluding steroid dienone is 1. The van der Waals surface area contributed by atoms with Crippen LogP contribution in [0, 0.1) is 0 Å². The van der Waals surface area contributed by atoms with Crippen LogP contribution in [0.15, 0.2) is 42.5 Å². The highest BCUT2D eigenvalue weighted by atomic mass is 16.2. The molecule has 1 saturated heterocycles. The third-order valence-electron chi connectivity index (χ3n) is 4.32. The van der Waals surface area contributed by atoms with E-state index in [0.717, 1.165) is 24.8 Å². The Balaban J connectivity index is 1.83. The summed E-state index contributed by atoms with van der Waals surface area (Å²) in [4.78, 5) is 25.0. The van der Waals surface area contributed by atoms with Gasteiger partial charge >= 0.3 is 0 Å². The van der Waals surface area contributed by atoms with Gasteiger partial charge in [0.15, 0.2) is 0 Å². The van der Waals surface area contributed by atoms with Crippen molar-refractivity contribution in [2.75, 3.05) is 13.1 Å². The first-order chi connectivity index (χ1) is 10.2. The van der Waals surface area contributed by atoms with Gasteiger partial charge in [0, 0.05) is 19.2 Å². The fourth-order valence-electron chi connectivity index (χ4n) is 3.04. The van der Waals surface area contributed by atoms with Crippen LogP contribution in [-0.2, 0) is 15.0 Å². The first kappa shape index (κ1) is 13.9. The number of carbonyl (C=O) groups excluding carboxylic acids is 2. The summed E-state index contributed by atoms with van der Waals surface area (Å²) in [5.41, 5.74) is 0.667. The lowest BCUT2D eigenvalue weighted by Gasteiger charge is -2.30. The number of amides is 2. The van der Waals surface area contributed by atoms with Gasteiger partial charge in [-0.2, -0.15) is 0 Å². The van der Waals surface area contributed by atoms with Crippen LogP contribution in [0.5, 0.6) is 0 Å². The zero-order valence-corrected chi connectivity index (χ0v) is 12.3. The number of nitrogens with zero attached hydrogens (tertiary/aromatic N) is 2. The monoisotopic (exact) mass is 284 g/mol. The van der Waals surface area contributed by atoms with Gasteiger partial charge in [0.25, 0.3) is 11.8 Å². The number of hydrogen-bond acceptors (Lipinski definition) is 2. The molecule has 1 aromatic rings. The first-order valence-corrected chi connectivity index (χ1v) is 7.51. The van der Waals surface area contributed by atoms with Gasteiger partial charge in [-0.15, -0.1) is 0 Å². The third kappa shape index (κ3) is 2.35. The lowest BCUT2D eigenvalue weighted by Crippen LogP contribution is -2.48. The highest BCUT2D eigenvalue weighted by Crippen LogP contribution is 2.50. The van der Waals surface area contributed by atoms with Crippen molar-refractivity contribution in [3.8, 4) is 0 Å². The summed E-state index contributed by atoms with van der Waals surface area (Å²) in [5.74, 6) is -0.0312. The normalized spacial score (nSPS) is 20.0. The topological polar surface area (TPSA) is 40.6 Å². The van der Waals surface area contributed by atoms with Crippen molar-refractivity contribution >= 4 is 11.8 Å². The van der Waals surface area contributed by atoms with Gasteiger partial charge in [0.1, 0.15) is 0 Å². The van der Waals surface area contributed by atoms with Crippen molar-refractivity contribution in [3.63, 3.8) is 0 Å². The van der Waals surface area contributed by atoms with Crippen molar-refractivity contribution in [1.29, 1.82) is 0 Å². The summed E-state index contributed by atoms with van der Waals surface area (Å²) in [6.07, 6.45) is 5.83. The molecule has 4 nitrogen and oxygen atoms in total. The smallest absolute Gasteiger partial charge is 0.264 e. The Labute approximate surface area is 125 Å².